The molecular weight excluding hydrogens is 338 g/mol. The summed E-state index contributed by atoms with van der Waals surface area (Å²) in [6.45, 7) is 1.96. The SMILES string of the molecule is Cc1ccc(NC(=O)CCc2ccccc2Br)c(Cl)c1. The molecule has 20 heavy (non-hydrogen) atoms. The molecule has 0 aliphatic rings. The van der Waals surface area contributed by atoms with Gasteiger partial charge in [-0.1, -0.05) is 51.8 Å². The number of anilines is 1. The lowest BCUT2D eigenvalue weighted by atomic mass is 10.1. The van der Waals surface area contributed by atoms with Crippen molar-refractivity contribution in [3.8, 4) is 0 Å². The third-order valence-electron chi connectivity index (χ3n) is 2.98. The zero-order valence-electron chi connectivity index (χ0n) is 11.1. The quantitative estimate of drug-likeness (QED) is 0.826. The highest BCUT2D eigenvalue weighted by molar-refractivity contribution is 9.10. The zero-order chi connectivity index (χ0) is 14.5. The number of carbonyl (C=O) groups is 1. The van der Waals surface area contributed by atoms with Crippen molar-refractivity contribution in [2.45, 2.75) is 19.8 Å². The topological polar surface area (TPSA) is 29.1 Å². The number of carbonyl (C=O) groups excluding carboxylic acids is 1. The second-order valence-corrected chi connectivity index (χ2v) is 5.88. The van der Waals surface area contributed by atoms with Crippen LogP contribution in [-0.4, -0.2) is 5.91 Å². The van der Waals surface area contributed by atoms with Crippen molar-refractivity contribution in [1.82, 2.24) is 0 Å². The van der Waals surface area contributed by atoms with Gasteiger partial charge >= 0.3 is 0 Å². The molecule has 2 aromatic carbocycles. The van der Waals surface area contributed by atoms with Gasteiger partial charge in [0.15, 0.2) is 0 Å². The van der Waals surface area contributed by atoms with Crippen molar-refractivity contribution in [2.24, 2.45) is 0 Å². The van der Waals surface area contributed by atoms with Gasteiger partial charge in [0.2, 0.25) is 5.91 Å². The minimum Gasteiger partial charge on any atom is -0.325 e. The van der Waals surface area contributed by atoms with E-state index in [-0.39, 0.29) is 5.91 Å². The fourth-order valence-electron chi connectivity index (χ4n) is 1.88. The van der Waals surface area contributed by atoms with Gasteiger partial charge in [-0.2, -0.15) is 0 Å². The van der Waals surface area contributed by atoms with Crippen molar-refractivity contribution in [2.75, 3.05) is 5.32 Å². The van der Waals surface area contributed by atoms with Crippen LogP contribution in [0, 0.1) is 6.92 Å². The Kier molecular flexibility index (Phi) is 5.21. The Bertz CT molecular complexity index is 628. The molecule has 104 valence electrons. The predicted octanol–water partition coefficient (Wildman–Crippen LogP) is 4.98. The first-order valence-electron chi connectivity index (χ1n) is 6.35. The van der Waals surface area contributed by atoms with Crippen LogP contribution < -0.4 is 5.32 Å². The van der Waals surface area contributed by atoms with E-state index in [1.54, 1.807) is 0 Å². The maximum atomic E-state index is 11.9. The van der Waals surface area contributed by atoms with E-state index in [2.05, 4.69) is 21.2 Å². The summed E-state index contributed by atoms with van der Waals surface area (Å²) < 4.78 is 1.03. The Morgan fingerprint density at radius 2 is 2.00 bits per heavy atom. The van der Waals surface area contributed by atoms with Crippen LogP contribution in [0.3, 0.4) is 0 Å². The van der Waals surface area contributed by atoms with Gasteiger partial charge in [-0.3, -0.25) is 4.79 Å². The number of halogens is 2. The van der Waals surface area contributed by atoms with Gasteiger partial charge in [-0.05, 0) is 42.7 Å². The molecular formula is C16H15BrClNO. The molecule has 0 heterocycles. The van der Waals surface area contributed by atoms with E-state index < -0.39 is 0 Å². The van der Waals surface area contributed by atoms with Crippen molar-refractivity contribution in [3.05, 3.63) is 63.1 Å². The van der Waals surface area contributed by atoms with Gasteiger partial charge in [0.25, 0.3) is 0 Å². The summed E-state index contributed by atoms with van der Waals surface area (Å²) in [5.41, 5.74) is 2.85. The third kappa shape index (κ3) is 4.09. The second-order valence-electron chi connectivity index (χ2n) is 4.62. The van der Waals surface area contributed by atoms with E-state index in [9.17, 15) is 4.79 Å². The van der Waals surface area contributed by atoms with E-state index in [0.717, 1.165) is 15.6 Å². The maximum absolute atomic E-state index is 11.9. The van der Waals surface area contributed by atoms with Gasteiger partial charge in [0, 0.05) is 10.9 Å². The lowest BCUT2D eigenvalue weighted by molar-refractivity contribution is -0.116. The van der Waals surface area contributed by atoms with Crippen molar-refractivity contribution >= 4 is 39.1 Å². The minimum absolute atomic E-state index is 0.0356. The number of aryl methyl sites for hydroxylation is 2. The molecule has 2 rings (SSSR count). The van der Waals surface area contributed by atoms with E-state index in [1.165, 1.54) is 0 Å². The second kappa shape index (κ2) is 6.91. The van der Waals surface area contributed by atoms with E-state index in [0.29, 0.717) is 23.6 Å². The number of hydrogen-bond acceptors (Lipinski definition) is 1. The Balaban J connectivity index is 1.94. The average molecular weight is 353 g/mol. The highest BCUT2D eigenvalue weighted by Gasteiger charge is 2.07. The predicted molar refractivity (Wildman–Crippen MR) is 87.3 cm³/mol. The van der Waals surface area contributed by atoms with Crippen molar-refractivity contribution in [1.29, 1.82) is 0 Å². The largest absolute Gasteiger partial charge is 0.325 e. The minimum atomic E-state index is -0.0356. The fraction of sp³-hybridized carbons (Fsp3) is 0.188. The summed E-state index contributed by atoms with van der Waals surface area (Å²) in [6, 6.07) is 13.5. The molecule has 4 heteroatoms. The van der Waals surface area contributed by atoms with Crippen LogP contribution in [0.5, 0.6) is 0 Å². The summed E-state index contributed by atoms with van der Waals surface area (Å²) >= 11 is 9.57. The molecule has 0 aliphatic heterocycles. The molecule has 0 spiro atoms. The molecule has 0 fully saturated rings. The van der Waals surface area contributed by atoms with E-state index in [4.69, 9.17) is 11.6 Å². The molecule has 2 aromatic rings. The van der Waals surface area contributed by atoms with Crippen LogP contribution in [0.1, 0.15) is 17.5 Å². The zero-order valence-corrected chi connectivity index (χ0v) is 13.5. The summed E-state index contributed by atoms with van der Waals surface area (Å²) in [5, 5.41) is 3.41. The highest BCUT2D eigenvalue weighted by atomic mass is 79.9. The number of rotatable bonds is 4. The number of amides is 1. The van der Waals surface area contributed by atoms with Gasteiger partial charge < -0.3 is 5.32 Å². The molecule has 0 bridgehead atoms. The molecule has 0 radical (unpaired) electrons. The van der Waals surface area contributed by atoms with E-state index in [1.807, 2.05) is 49.4 Å². The Morgan fingerprint density at radius 3 is 2.70 bits per heavy atom. The van der Waals surface area contributed by atoms with Gasteiger partial charge in [-0.15, -0.1) is 0 Å². The number of hydrogen-bond donors (Lipinski definition) is 1. The van der Waals surface area contributed by atoms with Crippen LogP contribution >= 0.6 is 27.5 Å². The lowest BCUT2D eigenvalue weighted by Crippen LogP contribution is -2.12. The molecule has 0 unspecified atom stereocenters. The Morgan fingerprint density at radius 1 is 1.25 bits per heavy atom. The van der Waals surface area contributed by atoms with E-state index >= 15 is 0 Å². The van der Waals surface area contributed by atoms with Gasteiger partial charge in [-0.25, -0.2) is 0 Å². The lowest BCUT2D eigenvalue weighted by Gasteiger charge is -2.08. The number of benzene rings is 2. The summed E-state index contributed by atoms with van der Waals surface area (Å²) in [6.07, 6.45) is 1.11. The van der Waals surface area contributed by atoms with Crippen molar-refractivity contribution < 1.29 is 4.79 Å². The first-order valence-corrected chi connectivity index (χ1v) is 7.53. The fourth-order valence-corrected chi connectivity index (χ4v) is 2.65. The first-order chi connectivity index (χ1) is 9.56. The summed E-state index contributed by atoms with van der Waals surface area (Å²) in [4.78, 5) is 11.9. The standard InChI is InChI=1S/C16H15BrClNO/c1-11-6-8-15(14(18)10-11)19-16(20)9-7-12-4-2-3-5-13(12)17/h2-6,8,10H,7,9H2,1H3,(H,19,20). The third-order valence-corrected chi connectivity index (χ3v) is 4.06. The maximum Gasteiger partial charge on any atom is 0.224 e. The van der Waals surface area contributed by atoms with Crippen LogP contribution in [0.4, 0.5) is 5.69 Å². The molecule has 0 saturated heterocycles. The van der Waals surface area contributed by atoms with Gasteiger partial charge in [0.1, 0.15) is 0 Å². The molecule has 0 atom stereocenters. The molecule has 0 aliphatic carbocycles. The highest BCUT2D eigenvalue weighted by Crippen LogP contribution is 2.23. The summed E-state index contributed by atoms with van der Waals surface area (Å²) in [7, 11) is 0. The smallest absolute Gasteiger partial charge is 0.224 e. The molecule has 1 amide bonds. The van der Waals surface area contributed by atoms with Crippen LogP contribution in [0.25, 0.3) is 0 Å². The molecule has 0 aromatic heterocycles. The van der Waals surface area contributed by atoms with Crippen LogP contribution in [0.15, 0.2) is 46.9 Å². The molecule has 2 nitrogen and oxygen atoms in total. The molecule has 1 N–H and O–H groups in total. The van der Waals surface area contributed by atoms with Gasteiger partial charge in [0.05, 0.1) is 10.7 Å². The van der Waals surface area contributed by atoms with Crippen LogP contribution in [0.2, 0.25) is 5.02 Å². The monoisotopic (exact) mass is 351 g/mol. The average Bonchev–Trinajstić information content (AvgIpc) is 2.41. The summed E-state index contributed by atoms with van der Waals surface area (Å²) in [5.74, 6) is -0.0356. The Hall–Kier alpha value is -1.32. The first kappa shape index (κ1) is 15.1. The Labute approximate surface area is 132 Å². The normalized spacial score (nSPS) is 10.3. The molecule has 0 saturated carbocycles. The number of nitrogens with one attached hydrogen (secondary N) is 1. The van der Waals surface area contributed by atoms with Crippen LogP contribution in [-0.2, 0) is 11.2 Å². The van der Waals surface area contributed by atoms with Crippen molar-refractivity contribution in [3.63, 3.8) is 0 Å².